The highest BCUT2D eigenvalue weighted by molar-refractivity contribution is 5.27. The molecule has 2 unspecified atom stereocenters. The van der Waals surface area contributed by atoms with Gasteiger partial charge in [0.2, 0.25) is 0 Å². The lowest BCUT2D eigenvalue weighted by Gasteiger charge is -2.22. The van der Waals surface area contributed by atoms with Crippen molar-refractivity contribution in [1.82, 2.24) is 0 Å². The molecule has 0 aliphatic heterocycles. The molecule has 0 heterocycles. The zero-order valence-electron chi connectivity index (χ0n) is 9.66. The second kappa shape index (κ2) is 5.62. The lowest BCUT2D eigenvalue weighted by molar-refractivity contribution is 0.248. The first-order chi connectivity index (χ1) is 8.33. The van der Waals surface area contributed by atoms with E-state index in [1.54, 1.807) is 0 Å². The van der Waals surface area contributed by atoms with E-state index in [1.165, 1.54) is 0 Å². The van der Waals surface area contributed by atoms with Crippen molar-refractivity contribution in [3.63, 3.8) is 0 Å². The number of hydrogen-bond donors (Lipinski definition) is 2. The van der Waals surface area contributed by atoms with Crippen molar-refractivity contribution < 1.29 is 5.11 Å². The Balaban J connectivity index is 2.25. The quantitative estimate of drug-likeness (QED) is 0.842. The molecule has 3 N–H and O–H groups in total. The first-order valence-electron chi connectivity index (χ1n) is 5.79. The second-order valence-electron chi connectivity index (χ2n) is 4.14. The first kappa shape index (κ1) is 11.8. The summed E-state index contributed by atoms with van der Waals surface area (Å²) in [5.74, 6) is -0.0569. The molecule has 0 fully saturated rings. The van der Waals surface area contributed by atoms with Gasteiger partial charge in [0.25, 0.3) is 0 Å². The van der Waals surface area contributed by atoms with Crippen LogP contribution < -0.4 is 5.73 Å². The molecule has 2 atom stereocenters. The van der Waals surface area contributed by atoms with E-state index < -0.39 is 0 Å². The molecule has 2 aromatic rings. The molecule has 0 aliphatic carbocycles. The first-order valence-corrected chi connectivity index (χ1v) is 5.79. The molecule has 2 heteroatoms. The standard InChI is InChI=1S/C15H17NO/c16-15(13-9-5-2-6-10-13)14(11-17)12-7-3-1-4-8-12/h1-10,14-15,17H,11,16H2. The van der Waals surface area contributed by atoms with E-state index in [0.717, 1.165) is 11.1 Å². The minimum atomic E-state index is -0.177. The Morgan fingerprint density at radius 3 is 1.76 bits per heavy atom. The zero-order chi connectivity index (χ0) is 12.1. The van der Waals surface area contributed by atoms with Crippen LogP contribution in [0.1, 0.15) is 23.1 Å². The smallest absolute Gasteiger partial charge is 0.0518 e. The summed E-state index contributed by atoms with van der Waals surface area (Å²) in [6.45, 7) is 0.0556. The van der Waals surface area contributed by atoms with Crippen LogP contribution in [0.3, 0.4) is 0 Å². The van der Waals surface area contributed by atoms with Crippen molar-refractivity contribution in [3.8, 4) is 0 Å². The van der Waals surface area contributed by atoms with Crippen molar-refractivity contribution in [2.45, 2.75) is 12.0 Å². The van der Waals surface area contributed by atoms with Crippen LogP contribution >= 0.6 is 0 Å². The molecular weight excluding hydrogens is 210 g/mol. The van der Waals surface area contributed by atoms with Crippen molar-refractivity contribution in [1.29, 1.82) is 0 Å². The summed E-state index contributed by atoms with van der Waals surface area (Å²) in [6, 6.07) is 19.6. The Bertz CT molecular complexity index is 441. The Kier molecular flexibility index (Phi) is 3.91. The van der Waals surface area contributed by atoms with Crippen LogP contribution in [0.15, 0.2) is 60.7 Å². The number of aliphatic hydroxyl groups excluding tert-OH is 1. The summed E-state index contributed by atoms with van der Waals surface area (Å²) < 4.78 is 0. The number of hydrogen-bond acceptors (Lipinski definition) is 2. The van der Waals surface area contributed by atoms with E-state index in [-0.39, 0.29) is 18.6 Å². The monoisotopic (exact) mass is 227 g/mol. The molecule has 2 aromatic carbocycles. The van der Waals surface area contributed by atoms with Gasteiger partial charge >= 0.3 is 0 Å². The van der Waals surface area contributed by atoms with Crippen LogP contribution in [0.2, 0.25) is 0 Å². The average molecular weight is 227 g/mol. The van der Waals surface area contributed by atoms with Gasteiger partial charge in [0.05, 0.1) is 6.61 Å². The van der Waals surface area contributed by atoms with E-state index in [2.05, 4.69) is 0 Å². The Hall–Kier alpha value is -1.64. The summed E-state index contributed by atoms with van der Waals surface area (Å²) >= 11 is 0. The van der Waals surface area contributed by atoms with Crippen LogP contribution in [-0.2, 0) is 0 Å². The molecule has 2 rings (SSSR count). The third-order valence-electron chi connectivity index (χ3n) is 3.04. The third-order valence-corrected chi connectivity index (χ3v) is 3.04. The lowest BCUT2D eigenvalue weighted by Crippen LogP contribution is -2.22. The van der Waals surface area contributed by atoms with Crippen LogP contribution in [0.4, 0.5) is 0 Å². The minimum absolute atomic E-state index is 0.0556. The van der Waals surface area contributed by atoms with E-state index in [0.29, 0.717) is 0 Å². The van der Waals surface area contributed by atoms with E-state index >= 15 is 0 Å². The van der Waals surface area contributed by atoms with Crippen LogP contribution in [-0.4, -0.2) is 11.7 Å². The van der Waals surface area contributed by atoms with Gasteiger partial charge in [0, 0.05) is 12.0 Å². The molecule has 0 saturated carbocycles. The van der Waals surface area contributed by atoms with Gasteiger partial charge in [-0.05, 0) is 11.1 Å². The minimum Gasteiger partial charge on any atom is -0.396 e. The fourth-order valence-electron chi connectivity index (χ4n) is 2.03. The highest BCUT2D eigenvalue weighted by Crippen LogP contribution is 2.28. The van der Waals surface area contributed by atoms with Crippen molar-refractivity contribution in [3.05, 3.63) is 71.8 Å². The van der Waals surface area contributed by atoms with E-state index in [1.807, 2.05) is 60.7 Å². The van der Waals surface area contributed by atoms with Gasteiger partial charge in [-0.3, -0.25) is 0 Å². The molecule has 0 aromatic heterocycles. The predicted molar refractivity (Wildman–Crippen MR) is 69.6 cm³/mol. The molecule has 0 bridgehead atoms. The number of aliphatic hydroxyl groups is 1. The van der Waals surface area contributed by atoms with Gasteiger partial charge in [0.1, 0.15) is 0 Å². The van der Waals surface area contributed by atoms with Crippen LogP contribution in [0, 0.1) is 0 Å². The lowest BCUT2D eigenvalue weighted by atomic mass is 9.88. The number of benzene rings is 2. The molecule has 0 spiro atoms. The Morgan fingerprint density at radius 1 is 0.824 bits per heavy atom. The molecule has 2 nitrogen and oxygen atoms in total. The average Bonchev–Trinajstić information content (AvgIpc) is 2.42. The summed E-state index contributed by atoms with van der Waals surface area (Å²) in [6.07, 6.45) is 0. The maximum absolute atomic E-state index is 9.53. The summed E-state index contributed by atoms with van der Waals surface area (Å²) in [5.41, 5.74) is 8.35. The van der Waals surface area contributed by atoms with Gasteiger partial charge in [0.15, 0.2) is 0 Å². The van der Waals surface area contributed by atoms with E-state index in [9.17, 15) is 5.11 Å². The van der Waals surface area contributed by atoms with Crippen molar-refractivity contribution in [2.75, 3.05) is 6.61 Å². The fourth-order valence-corrected chi connectivity index (χ4v) is 2.03. The molecular formula is C15H17NO. The number of nitrogens with two attached hydrogens (primary N) is 1. The third kappa shape index (κ3) is 2.73. The van der Waals surface area contributed by atoms with Crippen LogP contribution in [0.25, 0.3) is 0 Å². The van der Waals surface area contributed by atoms with Crippen LogP contribution in [0.5, 0.6) is 0 Å². The summed E-state index contributed by atoms with van der Waals surface area (Å²) in [5, 5.41) is 9.53. The SMILES string of the molecule is NC(c1ccccc1)C(CO)c1ccccc1. The van der Waals surface area contributed by atoms with Gasteiger partial charge in [-0.2, -0.15) is 0 Å². The Labute approximate surface area is 102 Å². The van der Waals surface area contributed by atoms with Gasteiger partial charge in [-0.25, -0.2) is 0 Å². The normalized spacial score (nSPS) is 14.2. The zero-order valence-corrected chi connectivity index (χ0v) is 9.66. The maximum Gasteiger partial charge on any atom is 0.0518 e. The molecule has 0 aliphatic rings. The van der Waals surface area contributed by atoms with Crippen molar-refractivity contribution in [2.24, 2.45) is 5.73 Å². The highest BCUT2D eigenvalue weighted by atomic mass is 16.3. The summed E-state index contributed by atoms with van der Waals surface area (Å²) in [4.78, 5) is 0. The van der Waals surface area contributed by atoms with E-state index in [4.69, 9.17) is 5.73 Å². The van der Waals surface area contributed by atoms with Crippen molar-refractivity contribution >= 4 is 0 Å². The maximum atomic E-state index is 9.53. The molecule has 88 valence electrons. The molecule has 17 heavy (non-hydrogen) atoms. The van der Waals surface area contributed by atoms with Gasteiger partial charge < -0.3 is 10.8 Å². The van der Waals surface area contributed by atoms with Gasteiger partial charge in [-0.15, -0.1) is 0 Å². The largest absolute Gasteiger partial charge is 0.396 e. The summed E-state index contributed by atoms with van der Waals surface area (Å²) in [7, 11) is 0. The fraction of sp³-hybridized carbons (Fsp3) is 0.200. The predicted octanol–water partition coefficient (Wildman–Crippen LogP) is 2.46. The van der Waals surface area contributed by atoms with Gasteiger partial charge in [-0.1, -0.05) is 60.7 Å². The molecule has 0 radical (unpaired) electrons. The Morgan fingerprint density at radius 2 is 1.29 bits per heavy atom. The molecule has 0 amide bonds. The topological polar surface area (TPSA) is 46.2 Å². The molecule has 0 saturated heterocycles. The second-order valence-corrected chi connectivity index (χ2v) is 4.14. The highest BCUT2D eigenvalue weighted by Gasteiger charge is 2.20. The number of rotatable bonds is 4.